The van der Waals surface area contributed by atoms with Gasteiger partial charge in [-0.05, 0) is 38.5 Å². The third-order valence-corrected chi connectivity index (χ3v) is 5.58. The second-order valence-corrected chi connectivity index (χ2v) is 7.29. The molecule has 1 aliphatic rings. The van der Waals surface area contributed by atoms with Gasteiger partial charge in [0.2, 0.25) is 0 Å². The van der Waals surface area contributed by atoms with Gasteiger partial charge >= 0.3 is 11.9 Å². The standard InChI is InChI=1S/C21H29NO6/c1-6-22(7-2)14-10-8-13(9-11-14)16-17(19(24)27-4)15(23)12-21(3,26)18(16)20(25)28-5/h8-11,16-18,26H,6-7,12H2,1-5H3/t16-,17-,18-,21+/m0/s1. The molecule has 2 rings (SSSR count). The van der Waals surface area contributed by atoms with E-state index in [1.807, 2.05) is 12.1 Å². The van der Waals surface area contributed by atoms with Gasteiger partial charge in [0.1, 0.15) is 5.92 Å². The molecule has 7 nitrogen and oxygen atoms in total. The molecule has 0 unspecified atom stereocenters. The lowest BCUT2D eigenvalue weighted by molar-refractivity contribution is -0.170. The minimum absolute atomic E-state index is 0.319. The Labute approximate surface area is 165 Å². The van der Waals surface area contributed by atoms with Gasteiger partial charge in [0.05, 0.1) is 25.7 Å². The lowest BCUT2D eigenvalue weighted by Gasteiger charge is -2.43. The largest absolute Gasteiger partial charge is 0.469 e. The Bertz CT molecular complexity index is 723. The van der Waals surface area contributed by atoms with E-state index in [-0.39, 0.29) is 6.42 Å². The van der Waals surface area contributed by atoms with Gasteiger partial charge in [-0.3, -0.25) is 14.4 Å². The second-order valence-electron chi connectivity index (χ2n) is 7.29. The van der Waals surface area contributed by atoms with Crippen LogP contribution in [0.5, 0.6) is 0 Å². The molecule has 1 aromatic carbocycles. The molecule has 0 amide bonds. The van der Waals surface area contributed by atoms with Crippen molar-refractivity contribution in [2.75, 3.05) is 32.2 Å². The second kappa shape index (κ2) is 8.73. The van der Waals surface area contributed by atoms with Gasteiger partial charge in [0, 0.05) is 31.1 Å². The molecule has 0 radical (unpaired) electrons. The Morgan fingerprint density at radius 1 is 1.11 bits per heavy atom. The molecule has 1 aromatic rings. The molecule has 0 heterocycles. The first-order chi connectivity index (χ1) is 13.2. The van der Waals surface area contributed by atoms with Crippen LogP contribution in [-0.4, -0.2) is 55.7 Å². The Balaban J connectivity index is 2.57. The number of ketones is 1. The number of esters is 2. The number of aliphatic hydroxyl groups is 1. The Morgan fingerprint density at radius 2 is 1.64 bits per heavy atom. The summed E-state index contributed by atoms with van der Waals surface area (Å²) in [6, 6.07) is 7.36. The van der Waals surface area contributed by atoms with Crippen LogP contribution in [0.15, 0.2) is 24.3 Å². The maximum Gasteiger partial charge on any atom is 0.316 e. The highest BCUT2D eigenvalue weighted by Crippen LogP contribution is 2.46. The zero-order valence-electron chi connectivity index (χ0n) is 17.1. The third kappa shape index (κ3) is 4.04. The number of hydrogen-bond acceptors (Lipinski definition) is 7. The predicted octanol–water partition coefficient (Wildman–Crippen LogP) is 1.92. The summed E-state index contributed by atoms with van der Waals surface area (Å²) in [6.45, 7) is 7.20. The summed E-state index contributed by atoms with van der Waals surface area (Å²) in [5.41, 5.74) is -0.0291. The molecular formula is C21H29NO6. The molecule has 0 aromatic heterocycles. The first kappa shape index (κ1) is 21.9. The SMILES string of the molecule is CCN(CC)c1ccc([C@H]2[C@@H](C(=O)OC)C(=O)C[C@@](C)(O)[C@@H]2C(=O)OC)cc1. The van der Waals surface area contributed by atoms with E-state index in [1.54, 1.807) is 12.1 Å². The van der Waals surface area contributed by atoms with Crippen molar-refractivity contribution in [2.24, 2.45) is 11.8 Å². The summed E-state index contributed by atoms with van der Waals surface area (Å²) in [7, 11) is 2.43. The summed E-state index contributed by atoms with van der Waals surface area (Å²) in [5, 5.41) is 10.8. The van der Waals surface area contributed by atoms with Gasteiger partial charge in [-0.2, -0.15) is 0 Å². The van der Waals surface area contributed by atoms with Gasteiger partial charge in [0.15, 0.2) is 5.78 Å². The van der Waals surface area contributed by atoms with Crippen molar-refractivity contribution >= 4 is 23.4 Å². The van der Waals surface area contributed by atoms with Crippen LogP contribution in [0.25, 0.3) is 0 Å². The molecule has 0 bridgehead atoms. The zero-order valence-corrected chi connectivity index (χ0v) is 17.1. The first-order valence-corrected chi connectivity index (χ1v) is 9.47. The van der Waals surface area contributed by atoms with Gasteiger partial charge < -0.3 is 19.5 Å². The van der Waals surface area contributed by atoms with Crippen LogP contribution in [0.3, 0.4) is 0 Å². The van der Waals surface area contributed by atoms with Crippen molar-refractivity contribution in [3.8, 4) is 0 Å². The fourth-order valence-electron chi connectivity index (χ4n) is 4.17. The average molecular weight is 391 g/mol. The smallest absolute Gasteiger partial charge is 0.316 e. The Hall–Kier alpha value is -2.41. The van der Waals surface area contributed by atoms with E-state index < -0.39 is 41.1 Å². The molecule has 4 atom stereocenters. The number of ether oxygens (including phenoxy) is 2. The highest BCUT2D eigenvalue weighted by Gasteiger charge is 2.56. The molecule has 0 aliphatic heterocycles. The van der Waals surface area contributed by atoms with E-state index in [2.05, 4.69) is 18.7 Å². The molecular weight excluding hydrogens is 362 g/mol. The number of methoxy groups -OCH3 is 2. The number of rotatable bonds is 6. The highest BCUT2D eigenvalue weighted by atomic mass is 16.5. The van der Waals surface area contributed by atoms with Crippen LogP contribution in [-0.2, 0) is 23.9 Å². The van der Waals surface area contributed by atoms with Crippen LogP contribution in [0.2, 0.25) is 0 Å². The van der Waals surface area contributed by atoms with Crippen molar-refractivity contribution in [2.45, 2.75) is 38.7 Å². The maximum atomic E-state index is 12.7. The zero-order chi connectivity index (χ0) is 21.1. The quantitative estimate of drug-likeness (QED) is 0.585. The van der Waals surface area contributed by atoms with Crippen molar-refractivity contribution < 1.29 is 29.0 Å². The van der Waals surface area contributed by atoms with Crippen molar-refractivity contribution in [3.05, 3.63) is 29.8 Å². The fraction of sp³-hybridized carbons (Fsp3) is 0.571. The normalized spacial score (nSPS) is 27.2. The minimum atomic E-state index is -1.63. The van der Waals surface area contributed by atoms with E-state index >= 15 is 0 Å². The first-order valence-electron chi connectivity index (χ1n) is 9.47. The third-order valence-electron chi connectivity index (χ3n) is 5.58. The van der Waals surface area contributed by atoms with Gasteiger partial charge in [-0.1, -0.05) is 12.1 Å². The Kier molecular flexibility index (Phi) is 6.82. The molecule has 1 N–H and O–H groups in total. The summed E-state index contributed by atoms with van der Waals surface area (Å²) in [4.78, 5) is 39.8. The summed E-state index contributed by atoms with van der Waals surface area (Å²) in [5.74, 6) is -4.94. The highest BCUT2D eigenvalue weighted by molar-refractivity contribution is 6.02. The predicted molar refractivity (Wildman–Crippen MR) is 104 cm³/mol. The van der Waals surface area contributed by atoms with Crippen LogP contribution in [0.4, 0.5) is 5.69 Å². The molecule has 0 spiro atoms. The van der Waals surface area contributed by atoms with Crippen molar-refractivity contribution in [3.63, 3.8) is 0 Å². The number of hydrogen-bond donors (Lipinski definition) is 1. The van der Waals surface area contributed by atoms with Crippen molar-refractivity contribution in [1.82, 2.24) is 0 Å². The van der Waals surface area contributed by atoms with Crippen LogP contribution in [0.1, 0.15) is 38.7 Å². The Morgan fingerprint density at radius 3 is 2.11 bits per heavy atom. The molecule has 7 heteroatoms. The number of carbonyl (C=O) groups excluding carboxylic acids is 3. The molecule has 1 fully saturated rings. The lowest BCUT2D eigenvalue weighted by Crippen LogP contribution is -2.55. The topological polar surface area (TPSA) is 93.1 Å². The van der Waals surface area contributed by atoms with Crippen LogP contribution < -0.4 is 4.90 Å². The molecule has 28 heavy (non-hydrogen) atoms. The van der Waals surface area contributed by atoms with E-state index in [4.69, 9.17) is 9.47 Å². The lowest BCUT2D eigenvalue weighted by atomic mass is 9.61. The minimum Gasteiger partial charge on any atom is -0.469 e. The van der Waals surface area contributed by atoms with Crippen LogP contribution in [0, 0.1) is 11.8 Å². The van der Waals surface area contributed by atoms with Crippen molar-refractivity contribution in [1.29, 1.82) is 0 Å². The number of nitrogens with zero attached hydrogens (tertiary/aromatic N) is 1. The monoisotopic (exact) mass is 391 g/mol. The van der Waals surface area contributed by atoms with Gasteiger partial charge in [-0.25, -0.2) is 0 Å². The molecule has 1 aliphatic carbocycles. The van der Waals surface area contributed by atoms with E-state index in [0.717, 1.165) is 18.8 Å². The van der Waals surface area contributed by atoms with Gasteiger partial charge in [-0.15, -0.1) is 0 Å². The average Bonchev–Trinajstić information content (AvgIpc) is 2.67. The molecule has 0 saturated heterocycles. The van der Waals surface area contributed by atoms with E-state index in [1.165, 1.54) is 21.1 Å². The van der Waals surface area contributed by atoms with Crippen LogP contribution >= 0.6 is 0 Å². The van der Waals surface area contributed by atoms with E-state index in [9.17, 15) is 19.5 Å². The molecule has 1 saturated carbocycles. The number of Topliss-reactive ketones (excluding diaryl/α,β-unsaturated/α-hetero) is 1. The summed E-state index contributed by atoms with van der Waals surface area (Å²) < 4.78 is 9.74. The summed E-state index contributed by atoms with van der Waals surface area (Å²) in [6.07, 6.45) is -0.319. The number of benzene rings is 1. The van der Waals surface area contributed by atoms with Gasteiger partial charge in [0.25, 0.3) is 0 Å². The molecule has 154 valence electrons. The van der Waals surface area contributed by atoms with E-state index in [0.29, 0.717) is 5.56 Å². The summed E-state index contributed by atoms with van der Waals surface area (Å²) >= 11 is 0. The number of carbonyl (C=O) groups is 3. The number of anilines is 1. The maximum absolute atomic E-state index is 12.7. The fourth-order valence-corrected chi connectivity index (χ4v) is 4.17.